The molecule has 3 rings (SSSR count). The van der Waals surface area contributed by atoms with E-state index in [1.807, 2.05) is 5.32 Å². The second-order valence-corrected chi connectivity index (χ2v) is 6.95. The molecule has 29 heavy (non-hydrogen) atoms. The first-order valence-electron chi connectivity index (χ1n) is 9.03. The van der Waals surface area contributed by atoms with Gasteiger partial charge in [0.1, 0.15) is 11.8 Å². The van der Waals surface area contributed by atoms with Gasteiger partial charge < -0.3 is 20.4 Å². The molecule has 1 aromatic heterocycles. The number of hydrogen-bond donors (Lipinski definition) is 3. The summed E-state index contributed by atoms with van der Waals surface area (Å²) < 4.78 is 44.4. The van der Waals surface area contributed by atoms with Crippen molar-refractivity contribution >= 4 is 17.2 Å². The van der Waals surface area contributed by atoms with Gasteiger partial charge in [0.05, 0.1) is 24.7 Å². The lowest BCUT2D eigenvalue weighted by molar-refractivity contribution is -0.158. The molecule has 1 aromatic carbocycles. The van der Waals surface area contributed by atoms with E-state index in [1.54, 1.807) is 37.3 Å². The first-order chi connectivity index (χ1) is 13.7. The number of aromatic amines is 1. The van der Waals surface area contributed by atoms with Crippen molar-refractivity contribution < 1.29 is 22.7 Å². The standard InChI is InChI=1S/C20H21F3N4O2/c1-11(8-15(24)13-4-3-5-14(9-13)29-2)16-10-25-18(26-16)19(28)27-17(12-6-7-12)20(21,22)23/h3-5,8-10,12,17,24H,6-7H2,1-2H3,(H,25,26)(H,27,28)/b11-8-,24-15?. The van der Waals surface area contributed by atoms with E-state index < -0.39 is 24.0 Å². The number of H-pyrrole nitrogens is 1. The number of benzene rings is 1. The summed E-state index contributed by atoms with van der Waals surface area (Å²) in [4.78, 5) is 18.8. The number of nitrogens with one attached hydrogen (secondary N) is 3. The molecule has 0 aliphatic heterocycles. The number of rotatable bonds is 7. The quantitative estimate of drug-likeness (QED) is 0.608. The highest BCUT2D eigenvalue weighted by atomic mass is 19.4. The van der Waals surface area contributed by atoms with Gasteiger partial charge in [-0.25, -0.2) is 4.98 Å². The highest BCUT2D eigenvalue weighted by molar-refractivity contribution is 6.10. The third-order valence-electron chi connectivity index (χ3n) is 4.69. The Morgan fingerprint density at radius 1 is 1.41 bits per heavy atom. The molecule has 0 saturated heterocycles. The molecular formula is C20H21F3N4O2. The van der Waals surface area contributed by atoms with Crippen LogP contribution in [0.25, 0.3) is 5.57 Å². The average Bonchev–Trinajstić information content (AvgIpc) is 3.39. The highest BCUT2D eigenvalue weighted by Gasteiger charge is 2.49. The molecule has 1 aliphatic rings. The van der Waals surface area contributed by atoms with E-state index in [2.05, 4.69) is 9.97 Å². The Hall–Kier alpha value is -3.10. The normalized spacial score (nSPS) is 15.7. The largest absolute Gasteiger partial charge is 0.497 e. The maximum absolute atomic E-state index is 13.1. The van der Waals surface area contributed by atoms with E-state index in [-0.39, 0.29) is 11.5 Å². The molecule has 2 aromatic rings. The first-order valence-corrected chi connectivity index (χ1v) is 9.03. The fourth-order valence-corrected chi connectivity index (χ4v) is 2.91. The number of hydrogen-bond acceptors (Lipinski definition) is 4. The number of halogens is 3. The Bertz CT molecular complexity index is 945. The van der Waals surface area contributed by atoms with Gasteiger partial charge in [0, 0.05) is 5.56 Å². The third-order valence-corrected chi connectivity index (χ3v) is 4.69. The number of amides is 1. The minimum atomic E-state index is -4.49. The summed E-state index contributed by atoms with van der Waals surface area (Å²) in [6.07, 6.45) is -0.663. The Balaban J connectivity index is 1.72. The van der Waals surface area contributed by atoms with Crippen LogP contribution in [0.3, 0.4) is 0 Å². The summed E-state index contributed by atoms with van der Waals surface area (Å²) in [5, 5.41) is 10.3. The Morgan fingerprint density at radius 2 is 2.14 bits per heavy atom. The van der Waals surface area contributed by atoms with Crippen LogP contribution in [0.1, 0.15) is 41.6 Å². The average molecular weight is 406 g/mol. The Morgan fingerprint density at radius 3 is 2.76 bits per heavy atom. The maximum Gasteiger partial charge on any atom is 0.408 e. The molecule has 1 aliphatic carbocycles. The van der Waals surface area contributed by atoms with E-state index in [4.69, 9.17) is 10.1 Å². The van der Waals surface area contributed by atoms with Crippen molar-refractivity contribution in [2.45, 2.75) is 32.0 Å². The molecule has 0 radical (unpaired) electrons. The molecular weight excluding hydrogens is 385 g/mol. The van der Waals surface area contributed by atoms with Gasteiger partial charge in [-0.15, -0.1) is 0 Å². The number of carbonyl (C=O) groups is 1. The van der Waals surface area contributed by atoms with E-state index in [1.165, 1.54) is 13.3 Å². The predicted molar refractivity (Wildman–Crippen MR) is 102 cm³/mol. The molecule has 1 amide bonds. The number of alkyl halides is 3. The van der Waals surface area contributed by atoms with Gasteiger partial charge in [-0.1, -0.05) is 12.1 Å². The van der Waals surface area contributed by atoms with Crippen molar-refractivity contribution in [2.75, 3.05) is 7.11 Å². The number of imidazole rings is 1. The van der Waals surface area contributed by atoms with Crippen LogP contribution in [-0.4, -0.2) is 40.9 Å². The molecule has 0 spiro atoms. The molecule has 6 nitrogen and oxygen atoms in total. The zero-order valence-corrected chi connectivity index (χ0v) is 15.9. The summed E-state index contributed by atoms with van der Waals surface area (Å²) in [6, 6.07) is 5.15. The molecule has 1 heterocycles. The number of carbonyl (C=O) groups excluding carboxylic acids is 1. The third kappa shape index (κ3) is 5.04. The maximum atomic E-state index is 13.1. The summed E-state index contributed by atoms with van der Waals surface area (Å²) >= 11 is 0. The van der Waals surface area contributed by atoms with Crippen LogP contribution in [-0.2, 0) is 0 Å². The van der Waals surface area contributed by atoms with E-state index in [0.29, 0.717) is 35.4 Å². The van der Waals surface area contributed by atoms with Gasteiger partial charge >= 0.3 is 6.18 Å². The minimum Gasteiger partial charge on any atom is -0.497 e. The smallest absolute Gasteiger partial charge is 0.408 e. The van der Waals surface area contributed by atoms with Crippen molar-refractivity contribution in [3.05, 3.63) is 53.6 Å². The van der Waals surface area contributed by atoms with Crippen LogP contribution >= 0.6 is 0 Å². The van der Waals surface area contributed by atoms with E-state index in [9.17, 15) is 18.0 Å². The van der Waals surface area contributed by atoms with Crippen molar-refractivity contribution in [2.24, 2.45) is 5.92 Å². The fourth-order valence-electron chi connectivity index (χ4n) is 2.91. The number of ether oxygens (including phenoxy) is 1. The molecule has 154 valence electrons. The lowest BCUT2D eigenvalue weighted by Gasteiger charge is -2.20. The minimum absolute atomic E-state index is 0.199. The van der Waals surface area contributed by atoms with E-state index >= 15 is 0 Å². The van der Waals surface area contributed by atoms with Gasteiger partial charge in [-0.05, 0) is 49.5 Å². The number of aromatic nitrogens is 2. The van der Waals surface area contributed by atoms with Gasteiger partial charge in [0.15, 0.2) is 5.82 Å². The highest BCUT2D eigenvalue weighted by Crippen LogP contribution is 2.40. The van der Waals surface area contributed by atoms with Crippen molar-refractivity contribution in [3.63, 3.8) is 0 Å². The van der Waals surface area contributed by atoms with Crippen molar-refractivity contribution in [3.8, 4) is 5.75 Å². The number of nitrogens with zero attached hydrogens (tertiary/aromatic N) is 1. The molecule has 0 bridgehead atoms. The number of methoxy groups -OCH3 is 1. The molecule has 1 saturated carbocycles. The van der Waals surface area contributed by atoms with Crippen molar-refractivity contribution in [1.82, 2.24) is 15.3 Å². The lowest BCUT2D eigenvalue weighted by atomic mass is 10.1. The number of allylic oxidation sites excluding steroid dienone is 2. The zero-order valence-electron chi connectivity index (χ0n) is 15.9. The second kappa shape index (κ2) is 8.10. The van der Waals surface area contributed by atoms with Gasteiger partial charge in [-0.2, -0.15) is 13.2 Å². The SMILES string of the molecule is COc1cccc(C(=N)/C=C(/C)c2cnc(C(=O)NC(C3CC3)C(F)(F)F)[nH]2)c1. The summed E-state index contributed by atoms with van der Waals surface area (Å²) in [5.41, 5.74) is 1.91. The van der Waals surface area contributed by atoms with Gasteiger partial charge in [0.25, 0.3) is 5.91 Å². The Labute approximate surface area is 165 Å². The van der Waals surface area contributed by atoms with Gasteiger partial charge in [-0.3, -0.25) is 4.79 Å². The van der Waals surface area contributed by atoms with E-state index in [0.717, 1.165) is 0 Å². The van der Waals surface area contributed by atoms with Crippen LogP contribution in [0, 0.1) is 11.3 Å². The molecule has 3 N–H and O–H groups in total. The fraction of sp³-hybridized carbons (Fsp3) is 0.350. The molecule has 1 fully saturated rings. The summed E-state index contributed by atoms with van der Waals surface area (Å²) in [6.45, 7) is 1.71. The zero-order chi connectivity index (χ0) is 21.2. The van der Waals surface area contributed by atoms with Gasteiger partial charge in [0.2, 0.25) is 0 Å². The van der Waals surface area contributed by atoms with Crippen LogP contribution in [0.2, 0.25) is 0 Å². The molecule has 9 heteroatoms. The summed E-state index contributed by atoms with van der Waals surface area (Å²) in [7, 11) is 1.54. The van der Waals surface area contributed by atoms with Crippen LogP contribution in [0.15, 0.2) is 36.5 Å². The molecule has 1 unspecified atom stereocenters. The van der Waals surface area contributed by atoms with Crippen LogP contribution < -0.4 is 10.1 Å². The second-order valence-electron chi connectivity index (χ2n) is 6.95. The van der Waals surface area contributed by atoms with Crippen LogP contribution in [0.4, 0.5) is 13.2 Å². The lowest BCUT2D eigenvalue weighted by Crippen LogP contribution is -2.47. The topological polar surface area (TPSA) is 90.9 Å². The monoisotopic (exact) mass is 406 g/mol. The van der Waals surface area contributed by atoms with Crippen LogP contribution in [0.5, 0.6) is 5.75 Å². The Kier molecular flexibility index (Phi) is 5.76. The molecule has 1 atom stereocenters. The summed E-state index contributed by atoms with van der Waals surface area (Å²) in [5.74, 6) is -1.05. The van der Waals surface area contributed by atoms with Crippen molar-refractivity contribution in [1.29, 1.82) is 5.41 Å². The predicted octanol–water partition coefficient (Wildman–Crippen LogP) is 3.96. The first kappa shape index (κ1) is 20.6.